The lowest BCUT2D eigenvalue weighted by molar-refractivity contribution is -0.145. The van der Waals surface area contributed by atoms with Crippen LogP contribution in [0.25, 0.3) is 0 Å². The molecule has 0 saturated carbocycles. The third kappa shape index (κ3) is 9.04. The van der Waals surface area contributed by atoms with E-state index in [0.717, 1.165) is 19.0 Å². The third-order valence-electron chi connectivity index (χ3n) is 3.85. The number of carbonyl (C=O) groups is 1. The summed E-state index contributed by atoms with van der Waals surface area (Å²) in [5, 5.41) is 3.21. The number of guanidine groups is 1. The molecule has 25 heavy (non-hydrogen) atoms. The number of methoxy groups -OCH3 is 1. The molecule has 10 heteroatoms. The predicted octanol–water partition coefficient (Wildman–Crippen LogP) is 0.372. The first-order valence-corrected chi connectivity index (χ1v) is 10.2. The Bertz CT molecular complexity index is 541. The molecule has 148 valence electrons. The van der Waals surface area contributed by atoms with Gasteiger partial charge in [0.15, 0.2) is 5.96 Å². The third-order valence-corrected chi connectivity index (χ3v) is 4.75. The van der Waals surface area contributed by atoms with Crippen molar-refractivity contribution in [3.8, 4) is 0 Å². The van der Waals surface area contributed by atoms with Gasteiger partial charge in [0.05, 0.1) is 38.5 Å². The maximum absolute atomic E-state index is 11.8. The highest BCUT2D eigenvalue weighted by atomic mass is 127. The SMILES string of the molecule is CCNC(=NCCOCCS(C)(=O)=O)N1CC(C)C(C(=O)OC)C1.I. The number of likely N-dealkylation sites (tertiary alicyclic amines) is 1. The summed E-state index contributed by atoms with van der Waals surface area (Å²) in [6, 6.07) is 0. The number of nitrogens with one attached hydrogen (secondary N) is 1. The van der Waals surface area contributed by atoms with Crippen molar-refractivity contribution in [3.05, 3.63) is 0 Å². The Balaban J connectivity index is 0.00000576. The van der Waals surface area contributed by atoms with Crippen LogP contribution in [0.1, 0.15) is 13.8 Å². The summed E-state index contributed by atoms with van der Waals surface area (Å²) < 4.78 is 32.2. The van der Waals surface area contributed by atoms with Gasteiger partial charge in [-0.3, -0.25) is 9.79 Å². The average molecular weight is 491 g/mol. The lowest BCUT2D eigenvalue weighted by atomic mass is 9.99. The Morgan fingerprint density at radius 3 is 2.56 bits per heavy atom. The van der Waals surface area contributed by atoms with Crippen molar-refractivity contribution in [3.63, 3.8) is 0 Å². The lowest BCUT2D eigenvalue weighted by Crippen LogP contribution is -2.40. The fourth-order valence-corrected chi connectivity index (χ4v) is 2.97. The van der Waals surface area contributed by atoms with Crippen LogP contribution in [0, 0.1) is 11.8 Å². The van der Waals surface area contributed by atoms with Gasteiger partial charge in [-0.15, -0.1) is 24.0 Å². The standard InChI is InChI=1S/C15H29N3O5S.HI/c1-5-16-15(17-6-7-23-8-9-24(4,20)21)18-10-12(2)13(11-18)14(19)22-3;/h12-13H,5-11H2,1-4H3,(H,16,17);1H. The minimum atomic E-state index is -3.00. The number of rotatable bonds is 8. The van der Waals surface area contributed by atoms with Crippen molar-refractivity contribution in [2.45, 2.75) is 13.8 Å². The van der Waals surface area contributed by atoms with E-state index in [1.54, 1.807) is 0 Å². The van der Waals surface area contributed by atoms with Gasteiger partial charge in [-0.25, -0.2) is 8.42 Å². The fraction of sp³-hybridized carbons (Fsp3) is 0.867. The molecule has 0 bridgehead atoms. The molecule has 0 spiro atoms. The monoisotopic (exact) mass is 491 g/mol. The Morgan fingerprint density at radius 1 is 1.32 bits per heavy atom. The van der Waals surface area contributed by atoms with Crippen molar-refractivity contribution in [1.82, 2.24) is 10.2 Å². The van der Waals surface area contributed by atoms with Gasteiger partial charge >= 0.3 is 5.97 Å². The normalized spacial score (nSPS) is 21.0. The highest BCUT2D eigenvalue weighted by Gasteiger charge is 2.36. The Hall–Kier alpha value is -0.620. The van der Waals surface area contributed by atoms with Crippen molar-refractivity contribution in [2.24, 2.45) is 16.8 Å². The van der Waals surface area contributed by atoms with Crippen molar-refractivity contribution < 1.29 is 22.7 Å². The molecular formula is C15H30IN3O5S. The first-order valence-electron chi connectivity index (χ1n) is 8.15. The number of aliphatic imine (C=N–C) groups is 1. The lowest BCUT2D eigenvalue weighted by Gasteiger charge is -2.21. The van der Waals surface area contributed by atoms with Gasteiger partial charge in [-0.2, -0.15) is 0 Å². The number of ether oxygens (including phenoxy) is 2. The zero-order valence-electron chi connectivity index (χ0n) is 15.4. The fourth-order valence-electron chi connectivity index (χ4n) is 2.55. The molecule has 0 aromatic carbocycles. The zero-order valence-corrected chi connectivity index (χ0v) is 18.5. The number of sulfone groups is 1. The zero-order chi connectivity index (χ0) is 18.2. The second-order valence-corrected chi connectivity index (χ2v) is 8.25. The van der Waals surface area contributed by atoms with E-state index in [2.05, 4.69) is 10.3 Å². The van der Waals surface area contributed by atoms with E-state index in [1.807, 2.05) is 18.7 Å². The summed E-state index contributed by atoms with van der Waals surface area (Å²) in [5.74, 6) is 0.617. The minimum absolute atomic E-state index is 0. The van der Waals surface area contributed by atoms with Crippen molar-refractivity contribution >= 4 is 45.7 Å². The molecule has 0 aromatic heterocycles. The van der Waals surface area contributed by atoms with Crippen LogP contribution in [-0.4, -0.2) is 83.8 Å². The second kappa shape index (κ2) is 11.9. The van der Waals surface area contributed by atoms with Crippen LogP contribution in [0.2, 0.25) is 0 Å². The van der Waals surface area contributed by atoms with Gasteiger partial charge in [-0.05, 0) is 12.8 Å². The first kappa shape index (κ1) is 24.4. The van der Waals surface area contributed by atoms with Crippen LogP contribution >= 0.6 is 24.0 Å². The van der Waals surface area contributed by atoms with Gasteiger partial charge < -0.3 is 19.7 Å². The first-order chi connectivity index (χ1) is 11.3. The second-order valence-electron chi connectivity index (χ2n) is 5.99. The summed E-state index contributed by atoms with van der Waals surface area (Å²) >= 11 is 0. The Kier molecular flexibility index (Phi) is 11.6. The molecule has 1 aliphatic heterocycles. The van der Waals surface area contributed by atoms with Crippen LogP contribution in [0.3, 0.4) is 0 Å². The largest absolute Gasteiger partial charge is 0.469 e. The summed E-state index contributed by atoms with van der Waals surface area (Å²) in [6.45, 7) is 7.01. The summed E-state index contributed by atoms with van der Waals surface area (Å²) in [5.41, 5.74) is 0. The number of hydrogen-bond acceptors (Lipinski definition) is 6. The summed E-state index contributed by atoms with van der Waals surface area (Å²) in [7, 11) is -1.59. The molecule has 8 nitrogen and oxygen atoms in total. The van der Waals surface area contributed by atoms with Crippen LogP contribution in [0.4, 0.5) is 0 Å². The molecule has 1 N–H and O–H groups in total. The van der Waals surface area contributed by atoms with Gasteiger partial charge in [0, 0.05) is 25.9 Å². The van der Waals surface area contributed by atoms with E-state index in [-0.39, 0.29) is 54.1 Å². The van der Waals surface area contributed by atoms with Crippen molar-refractivity contribution in [2.75, 3.05) is 58.5 Å². The number of halogens is 1. The molecule has 0 amide bonds. The quantitative estimate of drug-likeness (QED) is 0.172. The predicted molar refractivity (Wildman–Crippen MR) is 108 cm³/mol. The maximum Gasteiger partial charge on any atom is 0.310 e. The minimum Gasteiger partial charge on any atom is -0.469 e. The molecule has 1 saturated heterocycles. The van der Waals surface area contributed by atoms with Gasteiger partial charge in [-0.1, -0.05) is 6.92 Å². The van der Waals surface area contributed by atoms with Crippen LogP contribution in [-0.2, 0) is 24.1 Å². The van der Waals surface area contributed by atoms with E-state index in [9.17, 15) is 13.2 Å². The smallest absolute Gasteiger partial charge is 0.310 e. The molecule has 1 fully saturated rings. The number of carbonyl (C=O) groups excluding carboxylic acids is 1. The van der Waals surface area contributed by atoms with Crippen LogP contribution in [0.15, 0.2) is 4.99 Å². The molecule has 1 heterocycles. The molecule has 0 radical (unpaired) electrons. The van der Waals surface area contributed by atoms with Gasteiger partial charge in [0.1, 0.15) is 9.84 Å². The molecule has 2 unspecified atom stereocenters. The highest BCUT2D eigenvalue weighted by Crippen LogP contribution is 2.24. The van der Waals surface area contributed by atoms with E-state index in [4.69, 9.17) is 9.47 Å². The number of nitrogens with zero attached hydrogens (tertiary/aromatic N) is 2. The van der Waals surface area contributed by atoms with Crippen LogP contribution < -0.4 is 5.32 Å². The van der Waals surface area contributed by atoms with E-state index < -0.39 is 9.84 Å². The highest BCUT2D eigenvalue weighted by molar-refractivity contribution is 14.0. The van der Waals surface area contributed by atoms with Crippen molar-refractivity contribution in [1.29, 1.82) is 0 Å². The summed E-state index contributed by atoms with van der Waals surface area (Å²) in [6.07, 6.45) is 1.18. The average Bonchev–Trinajstić information content (AvgIpc) is 2.89. The number of esters is 1. The van der Waals surface area contributed by atoms with Gasteiger partial charge in [0.25, 0.3) is 0 Å². The Labute approximate surface area is 167 Å². The molecule has 1 rings (SSSR count). The number of hydrogen-bond donors (Lipinski definition) is 1. The Morgan fingerprint density at radius 2 is 2.00 bits per heavy atom. The molecular weight excluding hydrogens is 461 g/mol. The molecule has 0 aromatic rings. The molecule has 1 aliphatic rings. The molecule has 0 aliphatic carbocycles. The topological polar surface area (TPSA) is 97.3 Å². The van der Waals surface area contributed by atoms with E-state index in [0.29, 0.717) is 19.7 Å². The summed E-state index contributed by atoms with van der Waals surface area (Å²) in [4.78, 5) is 18.3. The van der Waals surface area contributed by atoms with E-state index in [1.165, 1.54) is 13.4 Å². The molecule has 2 atom stereocenters. The van der Waals surface area contributed by atoms with Gasteiger partial charge in [0.2, 0.25) is 0 Å². The maximum atomic E-state index is 11.8. The van der Waals surface area contributed by atoms with Crippen LogP contribution in [0.5, 0.6) is 0 Å². The van der Waals surface area contributed by atoms with E-state index >= 15 is 0 Å².